The Balaban J connectivity index is 1.55. The number of nitrogens with zero attached hydrogens (tertiary/aromatic N) is 4. The van der Waals surface area contributed by atoms with Gasteiger partial charge in [-0.3, -0.25) is 9.58 Å². The van der Waals surface area contributed by atoms with Crippen LogP contribution in [0.4, 0.5) is 0 Å². The zero-order valence-electron chi connectivity index (χ0n) is 14.3. The second kappa shape index (κ2) is 6.07. The third-order valence-corrected chi connectivity index (χ3v) is 4.90. The number of hydrogen-bond acceptors (Lipinski definition) is 3. The Morgan fingerprint density at radius 3 is 2.92 bits per heavy atom. The van der Waals surface area contributed by atoms with Gasteiger partial charge in [-0.15, -0.1) is 0 Å². The first kappa shape index (κ1) is 15.4. The van der Waals surface area contributed by atoms with Crippen LogP contribution in [0, 0.1) is 0 Å². The van der Waals surface area contributed by atoms with E-state index < -0.39 is 6.10 Å². The number of rotatable bonds is 3. The molecule has 4 rings (SSSR count). The summed E-state index contributed by atoms with van der Waals surface area (Å²) < 4.78 is 4.23. The van der Waals surface area contributed by atoms with E-state index in [-0.39, 0.29) is 0 Å². The summed E-state index contributed by atoms with van der Waals surface area (Å²) in [6.45, 7) is 5.59. The van der Waals surface area contributed by atoms with Gasteiger partial charge in [-0.25, -0.2) is 0 Å². The number of fused-ring (bicyclic) bond motifs is 2. The number of aryl methyl sites for hydroxylation is 2. The fraction of sp³-hybridized carbons (Fsp3) is 0.421. The maximum atomic E-state index is 9.76. The number of benzene rings is 1. The first-order chi connectivity index (χ1) is 11.6. The van der Waals surface area contributed by atoms with Crippen LogP contribution in [0.15, 0.2) is 36.5 Å². The molecule has 1 aromatic carbocycles. The van der Waals surface area contributed by atoms with E-state index in [0.717, 1.165) is 38.3 Å². The third-order valence-electron chi connectivity index (χ3n) is 4.90. The van der Waals surface area contributed by atoms with E-state index in [9.17, 15) is 5.11 Å². The van der Waals surface area contributed by atoms with Gasteiger partial charge in [-0.2, -0.15) is 5.10 Å². The molecule has 5 nitrogen and oxygen atoms in total. The van der Waals surface area contributed by atoms with Gasteiger partial charge in [0, 0.05) is 44.9 Å². The summed E-state index contributed by atoms with van der Waals surface area (Å²) in [5.74, 6) is 0. The van der Waals surface area contributed by atoms with E-state index in [1.165, 1.54) is 22.2 Å². The van der Waals surface area contributed by atoms with Gasteiger partial charge in [-0.05, 0) is 42.5 Å². The molecule has 0 fully saturated rings. The van der Waals surface area contributed by atoms with Gasteiger partial charge in [0.15, 0.2) is 0 Å². The Morgan fingerprint density at radius 1 is 1.21 bits per heavy atom. The molecular weight excluding hydrogens is 300 g/mol. The Kier molecular flexibility index (Phi) is 3.90. The van der Waals surface area contributed by atoms with Crippen LogP contribution >= 0.6 is 0 Å². The van der Waals surface area contributed by atoms with Gasteiger partial charge in [0.1, 0.15) is 0 Å². The van der Waals surface area contributed by atoms with Crippen LogP contribution in [-0.4, -0.2) is 30.9 Å². The molecule has 1 atom stereocenters. The van der Waals surface area contributed by atoms with Crippen molar-refractivity contribution >= 4 is 10.9 Å². The minimum Gasteiger partial charge on any atom is -0.387 e. The first-order valence-electron chi connectivity index (χ1n) is 8.61. The van der Waals surface area contributed by atoms with Crippen LogP contribution < -0.4 is 0 Å². The Hall–Kier alpha value is -2.11. The predicted octanol–water partition coefficient (Wildman–Crippen LogP) is 2.83. The Bertz CT molecular complexity index is 862. The van der Waals surface area contributed by atoms with Crippen molar-refractivity contribution < 1.29 is 5.11 Å². The lowest BCUT2D eigenvalue weighted by molar-refractivity contribution is 0.193. The fourth-order valence-electron chi connectivity index (χ4n) is 3.55. The maximum absolute atomic E-state index is 9.76. The van der Waals surface area contributed by atoms with Crippen molar-refractivity contribution in [3.63, 3.8) is 0 Å². The van der Waals surface area contributed by atoms with Crippen LogP contribution in [0.1, 0.15) is 36.4 Å². The standard InChI is InChI=1S/C19H24N4O/c1-14(24)18-11-17-13-22(7-3-8-23(17)20-18)12-15-4-5-16-6-9-21(2)19(16)10-15/h4-6,9-11,14,24H,3,7-8,12-13H2,1-2H3. The molecule has 126 valence electrons. The summed E-state index contributed by atoms with van der Waals surface area (Å²) in [6, 6.07) is 10.9. The largest absolute Gasteiger partial charge is 0.387 e. The van der Waals surface area contributed by atoms with Crippen molar-refractivity contribution in [1.29, 1.82) is 0 Å². The summed E-state index contributed by atoms with van der Waals surface area (Å²) in [6.07, 6.45) is 2.69. The molecule has 3 aromatic rings. The molecule has 24 heavy (non-hydrogen) atoms. The monoisotopic (exact) mass is 324 g/mol. The molecule has 0 spiro atoms. The number of hydrogen-bond donors (Lipinski definition) is 1. The van der Waals surface area contributed by atoms with E-state index in [1.54, 1.807) is 6.92 Å². The van der Waals surface area contributed by atoms with Crippen LogP contribution in [0.25, 0.3) is 10.9 Å². The molecule has 0 amide bonds. The fourth-order valence-corrected chi connectivity index (χ4v) is 3.55. The summed E-state index contributed by atoms with van der Waals surface area (Å²) in [4.78, 5) is 2.47. The van der Waals surface area contributed by atoms with E-state index in [1.807, 2.05) is 6.07 Å². The highest BCUT2D eigenvalue weighted by Gasteiger charge is 2.18. The molecule has 0 bridgehead atoms. The summed E-state index contributed by atoms with van der Waals surface area (Å²) >= 11 is 0. The molecule has 0 saturated carbocycles. The predicted molar refractivity (Wildman–Crippen MR) is 94.5 cm³/mol. The summed E-state index contributed by atoms with van der Waals surface area (Å²) in [7, 11) is 2.09. The highest BCUT2D eigenvalue weighted by molar-refractivity contribution is 5.80. The lowest BCUT2D eigenvalue weighted by atomic mass is 10.1. The lowest BCUT2D eigenvalue weighted by Crippen LogP contribution is -2.22. The van der Waals surface area contributed by atoms with E-state index in [0.29, 0.717) is 0 Å². The van der Waals surface area contributed by atoms with E-state index >= 15 is 0 Å². The van der Waals surface area contributed by atoms with Gasteiger partial charge in [-0.1, -0.05) is 12.1 Å². The lowest BCUT2D eigenvalue weighted by Gasteiger charge is -2.19. The second-order valence-electron chi connectivity index (χ2n) is 6.84. The molecule has 0 radical (unpaired) electrons. The van der Waals surface area contributed by atoms with Crippen LogP contribution in [-0.2, 0) is 26.7 Å². The Morgan fingerprint density at radius 2 is 2.08 bits per heavy atom. The molecular formula is C19H24N4O. The van der Waals surface area contributed by atoms with Crippen LogP contribution in [0.5, 0.6) is 0 Å². The summed E-state index contributed by atoms with van der Waals surface area (Å²) in [5, 5.41) is 15.6. The summed E-state index contributed by atoms with van der Waals surface area (Å²) in [5.41, 5.74) is 4.59. The molecule has 2 aromatic heterocycles. The molecule has 1 aliphatic rings. The smallest absolute Gasteiger partial charge is 0.0950 e. The van der Waals surface area contributed by atoms with E-state index in [4.69, 9.17) is 0 Å². The van der Waals surface area contributed by atoms with Gasteiger partial charge in [0.25, 0.3) is 0 Å². The van der Waals surface area contributed by atoms with E-state index in [2.05, 4.69) is 56.8 Å². The van der Waals surface area contributed by atoms with Gasteiger partial charge in [0.2, 0.25) is 0 Å². The van der Waals surface area contributed by atoms with Crippen molar-refractivity contribution in [1.82, 2.24) is 19.2 Å². The topological polar surface area (TPSA) is 46.2 Å². The molecule has 0 aliphatic carbocycles. The SMILES string of the molecule is CC(O)c1cc2n(n1)CCCN(Cc1ccc3ccn(C)c3c1)C2. The number of aliphatic hydroxyl groups excluding tert-OH is 1. The third kappa shape index (κ3) is 2.85. The van der Waals surface area contributed by atoms with Gasteiger partial charge >= 0.3 is 0 Å². The van der Waals surface area contributed by atoms with Crippen molar-refractivity contribution in [2.75, 3.05) is 6.54 Å². The maximum Gasteiger partial charge on any atom is 0.0950 e. The highest BCUT2D eigenvalue weighted by atomic mass is 16.3. The molecule has 1 aliphatic heterocycles. The zero-order valence-corrected chi connectivity index (χ0v) is 14.3. The number of aromatic nitrogens is 3. The Labute approximate surface area is 142 Å². The van der Waals surface area contributed by atoms with Crippen molar-refractivity contribution in [3.05, 3.63) is 53.5 Å². The van der Waals surface area contributed by atoms with Crippen molar-refractivity contribution in [3.8, 4) is 0 Å². The minimum atomic E-state index is -0.502. The average molecular weight is 324 g/mol. The second-order valence-corrected chi connectivity index (χ2v) is 6.84. The van der Waals surface area contributed by atoms with Crippen molar-refractivity contribution in [2.24, 2.45) is 7.05 Å². The first-order valence-corrected chi connectivity index (χ1v) is 8.61. The molecule has 1 unspecified atom stereocenters. The minimum absolute atomic E-state index is 0.502. The van der Waals surface area contributed by atoms with Gasteiger partial charge in [0.05, 0.1) is 17.5 Å². The molecule has 5 heteroatoms. The zero-order chi connectivity index (χ0) is 16.7. The number of aliphatic hydroxyl groups is 1. The molecule has 3 heterocycles. The average Bonchev–Trinajstić information content (AvgIpc) is 3.07. The van der Waals surface area contributed by atoms with Crippen molar-refractivity contribution in [2.45, 2.75) is 39.1 Å². The quantitative estimate of drug-likeness (QED) is 0.806. The highest BCUT2D eigenvalue weighted by Crippen LogP contribution is 2.21. The molecule has 0 saturated heterocycles. The normalized spacial score (nSPS) is 17.0. The van der Waals surface area contributed by atoms with Crippen LogP contribution in [0.2, 0.25) is 0 Å². The molecule has 1 N–H and O–H groups in total. The van der Waals surface area contributed by atoms with Crippen LogP contribution in [0.3, 0.4) is 0 Å². The van der Waals surface area contributed by atoms with Gasteiger partial charge < -0.3 is 9.67 Å².